The fraction of sp³-hybridized carbons (Fsp3) is 0.188. The Labute approximate surface area is 126 Å². The molecule has 3 nitrogen and oxygen atoms in total. The third kappa shape index (κ3) is 3.55. The molecule has 2 aromatic heterocycles. The lowest BCUT2D eigenvalue weighted by molar-refractivity contribution is 0.318. The Hall–Kier alpha value is -2.01. The van der Waals surface area contributed by atoms with E-state index in [0.29, 0.717) is 12.4 Å². The molecule has 0 aliphatic rings. The first-order chi connectivity index (χ1) is 10.3. The molecule has 3 aromatic rings. The lowest BCUT2D eigenvalue weighted by atomic mass is 10.3. The SMILES string of the molecule is Fc1ccc(OCCCSc2ncc3ccccn23)cc1. The molecular formula is C16H15FN2OS. The second kappa shape index (κ2) is 6.63. The molecule has 2 heterocycles. The van der Waals surface area contributed by atoms with E-state index >= 15 is 0 Å². The number of thioether (sulfide) groups is 1. The zero-order valence-corrected chi connectivity index (χ0v) is 12.2. The minimum atomic E-state index is -0.246. The van der Waals surface area contributed by atoms with Gasteiger partial charge in [-0.1, -0.05) is 17.8 Å². The Kier molecular flexibility index (Phi) is 4.40. The third-order valence-corrected chi connectivity index (χ3v) is 4.06. The van der Waals surface area contributed by atoms with E-state index in [1.54, 1.807) is 23.9 Å². The number of rotatable bonds is 6. The van der Waals surface area contributed by atoms with E-state index in [4.69, 9.17) is 4.74 Å². The average Bonchev–Trinajstić information content (AvgIpc) is 2.92. The first-order valence-corrected chi connectivity index (χ1v) is 7.75. The number of hydrogen-bond acceptors (Lipinski definition) is 3. The van der Waals surface area contributed by atoms with Crippen LogP contribution >= 0.6 is 11.8 Å². The van der Waals surface area contributed by atoms with Crippen LogP contribution in [-0.2, 0) is 0 Å². The highest BCUT2D eigenvalue weighted by atomic mass is 32.2. The number of ether oxygens (including phenoxy) is 1. The van der Waals surface area contributed by atoms with Gasteiger partial charge in [0, 0.05) is 11.9 Å². The van der Waals surface area contributed by atoms with Gasteiger partial charge in [0.1, 0.15) is 11.6 Å². The van der Waals surface area contributed by atoms with Gasteiger partial charge in [-0.2, -0.15) is 0 Å². The van der Waals surface area contributed by atoms with Gasteiger partial charge >= 0.3 is 0 Å². The normalized spacial score (nSPS) is 10.9. The van der Waals surface area contributed by atoms with Crippen LogP contribution in [0.3, 0.4) is 0 Å². The number of halogens is 1. The van der Waals surface area contributed by atoms with Gasteiger partial charge in [0.05, 0.1) is 18.3 Å². The van der Waals surface area contributed by atoms with Gasteiger partial charge in [0.25, 0.3) is 0 Å². The van der Waals surface area contributed by atoms with Gasteiger partial charge in [-0.05, 0) is 42.8 Å². The average molecular weight is 302 g/mol. The van der Waals surface area contributed by atoms with E-state index in [0.717, 1.165) is 22.8 Å². The summed E-state index contributed by atoms with van der Waals surface area (Å²) in [4.78, 5) is 4.40. The molecule has 0 unspecified atom stereocenters. The van der Waals surface area contributed by atoms with Crippen molar-refractivity contribution in [2.75, 3.05) is 12.4 Å². The van der Waals surface area contributed by atoms with E-state index in [1.807, 2.05) is 30.6 Å². The minimum absolute atomic E-state index is 0.246. The second-order valence-electron chi connectivity index (χ2n) is 4.54. The van der Waals surface area contributed by atoms with Crippen molar-refractivity contribution < 1.29 is 9.13 Å². The molecule has 0 saturated carbocycles. The largest absolute Gasteiger partial charge is 0.494 e. The molecule has 3 rings (SSSR count). The molecule has 0 N–H and O–H groups in total. The smallest absolute Gasteiger partial charge is 0.172 e. The van der Waals surface area contributed by atoms with Crippen molar-refractivity contribution in [1.82, 2.24) is 9.38 Å². The van der Waals surface area contributed by atoms with Gasteiger partial charge in [0.15, 0.2) is 5.16 Å². The van der Waals surface area contributed by atoms with Crippen LogP contribution in [0, 0.1) is 5.82 Å². The molecule has 0 aliphatic carbocycles. The fourth-order valence-electron chi connectivity index (χ4n) is 1.97. The molecule has 21 heavy (non-hydrogen) atoms. The number of pyridine rings is 1. The van der Waals surface area contributed by atoms with Crippen molar-refractivity contribution >= 4 is 17.3 Å². The van der Waals surface area contributed by atoms with Crippen molar-refractivity contribution in [3.63, 3.8) is 0 Å². The Morgan fingerprint density at radius 3 is 2.86 bits per heavy atom. The highest BCUT2D eigenvalue weighted by Gasteiger charge is 2.03. The standard InChI is InChI=1S/C16H15FN2OS/c17-13-5-7-15(8-6-13)20-10-3-11-21-16-18-12-14-4-1-2-9-19(14)16/h1-2,4-9,12H,3,10-11H2. The zero-order chi connectivity index (χ0) is 14.5. The van der Waals surface area contributed by atoms with E-state index in [1.165, 1.54) is 12.1 Å². The highest BCUT2D eigenvalue weighted by molar-refractivity contribution is 7.99. The molecule has 0 radical (unpaired) electrons. The maximum absolute atomic E-state index is 12.7. The quantitative estimate of drug-likeness (QED) is 0.508. The van der Waals surface area contributed by atoms with Crippen LogP contribution in [0.2, 0.25) is 0 Å². The molecule has 0 atom stereocenters. The second-order valence-corrected chi connectivity index (χ2v) is 5.60. The number of hydrogen-bond donors (Lipinski definition) is 0. The van der Waals surface area contributed by atoms with Gasteiger partial charge in [-0.3, -0.25) is 4.40 Å². The van der Waals surface area contributed by atoms with E-state index < -0.39 is 0 Å². The zero-order valence-electron chi connectivity index (χ0n) is 11.4. The topological polar surface area (TPSA) is 26.5 Å². The van der Waals surface area contributed by atoms with Crippen LogP contribution < -0.4 is 4.74 Å². The van der Waals surface area contributed by atoms with E-state index in [-0.39, 0.29) is 5.82 Å². The summed E-state index contributed by atoms with van der Waals surface area (Å²) in [7, 11) is 0. The Morgan fingerprint density at radius 1 is 1.14 bits per heavy atom. The summed E-state index contributed by atoms with van der Waals surface area (Å²) in [6.45, 7) is 0.613. The molecule has 0 spiro atoms. The van der Waals surface area contributed by atoms with Crippen molar-refractivity contribution in [3.8, 4) is 5.75 Å². The van der Waals surface area contributed by atoms with Crippen LogP contribution in [0.1, 0.15) is 6.42 Å². The molecule has 0 aliphatic heterocycles. The van der Waals surface area contributed by atoms with Crippen LogP contribution in [0.5, 0.6) is 5.75 Å². The van der Waals surface area contributed by atoms with Gasteiger partial charge in [-0.25, -0.2) is 9.37 Å². The predicted octanol–water partition coefficient (Wildman–Crippen LogP) is 4.03. The third-order valence-electron chi connectivity index (χ3n) is 3.01. The minimum Gasteiger partial charge on any atom is -0.494 e. The maximum atomic E-state index is 12.7. The molecule has 0 amide bonds. The van der Waals surface area contributed by atoms with Crippen molar-refractivity contribution in [1.29, 1.82) is 0 Å². The summed E-state index contributed by atoms with van der Waals surface area (Å²) < 4.78 is 20.4. The molecule has 108 valence electrons. The summed E-state index contributed by atoms with van der Waals surface area (Å²) in [5.41, 5.74) is 1.10. The van der Waals surface area contributed by atoms with Crippen LogP contribution in [0.25, 0.3) is 5.52 Å². The monoisotopic (exact) mass is 302 g/mol. The first kappa shape index (κ1) is 13.9. The van der Waals surface area contributed by atoms with Crippen LogP contribution in [-0.4, -0.2) is 21.7 Å². The summed E-state index contributed by atoms with van der Waals surface area (Å²) in [5.74, 6) is 1.38. The van der Waals surface area contributed by atoms with Crippen molar-refractivity contribution in [2.24, 2.45) is 0 Å². The number of imidazole rings is 1. The number of aromatic nitrogens is 2. The van der Waals surface area contributed by atoms with Crippen LogP contribution in [0.15, 0.2) is 60.0 Å². The number of nitrogens with zero attached hydrogens (tertiary/aromatic N) is 2. The van der Waals surface area contributed by atoms with Crippen molar-refractivity contribution in [3.05, 3.63) is 60.7 Å². The lowest BCUT2D eigenvalue weighted by Crippen LogP contribution is -1.99. The van der Waals surface area contributed by atoms with E-state index in [2.05, 4.69) is 9.38 Å². The molecule has 1 aromatic carbocycles. The van der Waals surface area contributed by atoms with Crippen LogP contribution in [0.4, 0.5) is 4.39 Å². The lowest BCUT2D eigenvalue weighted by Gasteiger charge is -2.05. The summed E-state index contributed by atoms with van der Waals surface area (Å²) in [6.07, 6.45) is 4.79. The maximum Gasteiger partial charge on any atom is 0.172 e. The molecule has 0 fully saturated rings. The summed E-state index contributed by atoms with van der Waals surface area (Å²) in [5, 5.41) is 0.993. The first-order valence-electron chi connectivity index (χ1n) is 6.76. The highest BCUT2D eigenvalue weighted by Crippen LogP contribution is 2.19. The Morgan fingerprint density at radius 2 is 2.00 bits per heavy atom. The summed E-state index contributed by atoms with van der Waals surface area (Å²) in [6, 6.07) is 12.1. The van der Waals surface area contributed by atoms with Gasteiger partial charge < -0.3 is 4.74 Å². The molecule has 5 heteroatoms. The van der Waals surface area contributed by atoms with Crippen molar-refractivity contribution in [2.45, 2.75) is 11.6 Å². The van der Waals surface area contributed by atoms with E-state index in [9.17, 15) is 4.39 Å². The predicted molar refractivity (Wildman–Crippen MR) is 82.4 cm³/mol. The molecule has 0 bridgehead atoms. The van der Waals surface area contributed by atoms with Gasteiger partial charge in [-0.15, -0.1) is 0 Å². The molecule has 0 saturated heterocycles. The Balaban J connectivity index is 1.45. The number of fused-ring (bicyclic) bond motifs is 1. The fourth-order valence-corrected chi connectivity index (χ4v) is 2.85. The Bertz CT molecular complexity index is 712. The number of benzene rings is 1. The summed E-state index contributed by atoms with van der Waals surface area (Å²) >= 11 is 1.71. The molecular weight excluding hydrogens is 287 g/mol. The van der Waals surface area contributed by atoms with Gasteiger partial charge in [0.2, 0.25) is 0 Å².